The summed E-state index contributed by atoms with van der Waals surface area (Å²) in [6, 6.07) is 3.22. The summed E-state index contributed by atoms with van der Waals surface area (Å²) in [5.74, 6) is -1.30. The molecule has 0 spiro atoms. The Balaban J connectivity index is 2.84. The molecule has 1 heterocycles. The van der Waals surface area contributed by atoms with Gasteiger partial charge in [-0.3, -0.25) is 9.59 Å². The molecule has 0 aliphatic carbocycles. The van der Waals surface area contributed by atoms with Crippen molar-refractivity contribution in [1.82, 2.24) is 9.88 Å². The maximum atomic E-state index is 12.1. The van der Waals surface area contributed by atoms with E-state index in [0.29, 0.717) is 12.2 Å². The van der Waals surface area contributed by atoms with Gasteiger partial charge in [0.05, 0.1) is 5.69 Å². The highest BCUT2D eigenvalue weighted by atomic mass is 35.5. The third-order valence-electron chi connectivity index (χ3n) is 2.57. The lowest BCUT2D eigenvalue weighted by atomic mass is 10.1. The number of anilines is 1. The molecule has 0 aliphatic rings. The number of likely N-dealkylation sites (N-methyl/N-ethyl adjacent to an activating group) is 1. The minimum atomic E-state index is -0.716. The van der Waals surface area contributed by atoms with Gasteiger partial charge in [-0.2, -0.15) is 0 Å². The molecule has 0 saturated carbocycles. The van der Waals surface area contributed by atoms with Gasteiger partial charge in [-0.15, -0.1) is 0 Å². The van der Waals surface area contributed by atoms with E-state index >= 15 is 0 Å². The zero-order chi connectivity index (χ0) is 14.6. The second kappa shape index (κ2) is 6.02. The molecule has 0 bridgehead atoms. The number of amides is 2. The molecule has 5 nitrogen and oxygen atoms in total. The van der Waals surface area contributed by atoms with Gasteiger partial charge in [0.15, 0.2) is 5.15 Å². The van der Waals surface area contributed by atoms with Crippen LogP contribution in [0.25, 0.3) is 0 Å². The predicted molar refractivity (Wildman–Crippen MR) is 75.0 cm³/mol. The summed E-state index contributed by atoms with van der Waals surface area (Å²) in [6.07, 6.45) is 1.51. The molecule has 2 amide bonds. The van der Waals surface area contributed by atoms with Crippen molar-refractivity contribution in [2.24, 2.45) is 0 Å². The molecule has 0 aliphatic heterocycles. The first-order valence-corrected chi connectivity index (χ1v) is 6.38. The molecule has 19 heavy (non-hydrogen) atoms. The largest absolute Gasteiger partial charge is 0.330 e. The number of carbonyl (C=O) groups is 2. The van der Waals surface area contributed by atoms with Crippen molar-refractivity contribution in [2.45, 2.75) is 33.2 Å². The summed E-state index contributed by atoms with van der Waals surface area (Å²) in [5, 5.41) is 2.63. The molecule has 6 heteroatoms. The van der Waals surface area contributed by atoms with Gasteiger partial charge in [0.2, 0.25) is 0 Å². The van der Waals surface area contributed by atoms with E-state index in [9.17, 15) is 9.59 Å². The van der Waals surface area contributed by atoms with E-state index in [-0.39, 0.29) is 5.15 Å². The highest BCUT2D eigenvalue weighted by Crippen LogP contribution is 2.18. The first kappa shape index (κ1) is 15.4. The van der Waals surface area contributed by atoms with E-state index in [0.717, 1.165) is 0 Å². The number of hydrogen-bond donors (Lipinski definition) is 1. The Morgan fingerprint density at radius 1 is 1.42 bits per heavy atom. The molecule has 1 aromatic rings. The Morgan fingerprint density at radius 3 is 2.53 bits per heavy atom. The van der Waals surface area contributed by atoms with Crippen LogP contribution in [-0.4, -0.2) is 33.8 Å². The minimum absolute atomic E-state index is 0.155. The molecule has 0 fully saturated rings. The maximum absolute atomic E-state index is 12.1. The monoisotopic (exact) mass is 283 g/mol. The van der Waals surface area contributed by atoms with E-state index in [1.165, 1.54) is 11.1 Å². The van der Waals surface area contributed by atoms with Crippen LogP contribution in [0.1, 0.15) is 27.7 Å². The summed E-state index contributed by atoms with van der Waals surface area (Å²) in [5.41, 5.74) is -0.0884. The SMILES string of the molecule is CCN(C(=O)C(=O)Nc1cccnc1Cl)C(C)(C)C. The van der Waals surface area contributed by atoms with E-state index in [1.54, 1.807) is 12.1 Å². The van der Waals surface area contributed by atoms with Crippen molar-refractivity contribution < 1.29 is 9.59 Å². The fourth-order valence-corrected chi connectivity index (χ4v) is 1.87. The average molecular weight is 284 g/mol. The van der Waals surface area contributed by atoms with Crippen molar-refractivity contribution in [3.63, 3.8) is 0 Å². The van der Waals surface area contributed by atoms with Gasteiger partial charge in [0.1, 0.15) is 0 Å². The summed E-state index contributed by atoms with van der Waals surface area (Å²) in [7, 11) is 0. The lowest BCUT2D eigenvalue weighted by molar-refractivity contribution is -0.146. The third kappa shape index (κ3) is 3.92. The zero-order valence-corrected chi connectivity index (χ0v) is 12.3. The molecule has 0 radical (unpaired) electrons. The lowest BCUT2D eigenvalue weighted by Gasteiger charge is -2.34. The van der Waals surface area contributed by atoms with Crippen LogP contribution < -0.4 is 5.32 Å². The Morgan fingerprint density at radius 2 is 2.05 bits per heavy atom. The van der Waals surface area contributed by atoms with Gasteiger partial charge < -0.3 is 10.2 Å². The molecule has 0 unspecified atom stereocenters. The second-order valence-corrected chi connectivity index (χ2v) is 5.37. The maximum Gasteiger partial charge on any atom is 0.314 e. The number of nitrogens with one attached hydrogen (secondary N) is 1. The fraction of sp³-hybridized carbons (Fsp3) is 0.462. The molecule has 1 rings (SSSR count). The van der Waals surface area contributed by atoms with Gasteiger partial charge in [0, 0.05) is 18.3 Å². The molecular formula is C13H18ClN3O2. The predicted octanol–water partition coefficient (Wildman–Crippen LogP) is 2.32. The number of hydrogen-bond acceptors (Lipinski definition) is 3. The molecule has 1 aromatic heterocycles. The van der Waals surface area contributed by atoms with Crippen LogP contribution in [0, 0.1) is 0 Å². The van der Waals surface area contributed by atoms with Crippen molar-refractivity contribution in [3.05, 3.63) is 23.5 Å². The van der Waals surface area contributed by atoms with Gasteiger partial charge >= 0.3 is 11.8 Å². The van der Waals surface area contributed by atoms with Gasteiger partial charge in [-0.25, -0.2) is 4.98 Å². The summed E-state index contributed by atoms with van der Waals surface area (Å²) in [4.78, 5) is 29.3. The van der Waals surface area contributed by atoms with Crippen molar-refractivity contribution in [2.75, 3.05) is 11.9 Å². The normalized spacial score (nSPS) is 11.0. The minimum Gasteiger partial charge on any atom is -0.330 e. The summed E-state index contributed by atoms with van der Waals surface area (Å²) in [6.45, 7) is 7.90. The molecular weight excluding hydrogens is 266 g/mol. The van der Waals surface area contributed by atoms with Crippen molar-refractivity contribution in [1.29, 1.82) is 0 Å². The quantitative estimate of drug-likeness (QED) is 0.669. The zero-order valence-electron chi connectivity index (χ0n) is 11.5. The van der Waals surface area contributed by atoms with Gasteiger partial charge in [0.25, 0.3) is 0 Å². The number of rotatable bonds is 2. The van der Waals surface area contributed by atoms with Crippen molar-refractivity contribution in [3.8, 4) is 0 Å². The van der Waals surface area contributed by atoms with Crippen LogP contribution in [0.4, 0.5) is 5.69 Å². The van der Waals surface area contributed by atoms with Crippen LogP contribution in [0.2, 0.25) is 5.15 Å². The third-order valence-corrected chi connectivity index (χ3v) is 2.87. The van der Waals surface area contributed by atoms with E-state index in [4.69, 9.17) is 11.6 Å². The molecule has 0 saturated heterocycles. The summed E-state index contributed by atoms with van der Waals surface area (Å²) >= 11 is 5.83. The van der Waals surface area contributed by atoms with E-state index in [1.807, 2.05) is 27.7 Å². The number of nitrogens with zero attached hydrogens (tertiary/aromatic N) is 2. The second-order valence-electron chi connectivity index (χ2n) is 5.02. The molecule has 0 aromatic carbocycles. The number of carbonyl (C=O) groups excluding carboxylic acids is 2. The highest BCUT2D eigenvalue weighted by molar-refractivity contribution is 6.41. The highest BCUT2D eigenvalue weighted by Gasteiger charge is 2.29. The molecule has 1 N–H and O–H groups in total. The van der Waals surface area contributed by atoms with E-state index in [2.05, 4.69) is 10.3 Å². The topological polar surface area (TPSA) is 62.3 Å². The summed E-state index contributed by atoms with van der Waals surface area (Å²) < 4.78 is 0. The van der Waals surface area contributed by atoms with Crippen LogP contribution in [0.3, 0.4) is 0 Å². The van der Waals surface area contributed by atoms with Crippen LogP contribution in [-0.2, 0) is 9.59 Å². The number of aromatic nitrogens is 1. The van der Waals surface area contributed by atoms with Gasteiger partial charge in [-0.1, -0.05) is 11.6 Å². The van der Waals surface area contributed by atoms with Crippen molar-refractivity contribution >= 4 is 29.1 Å². The van der Waals surface area contributed by atoms with Gasteiger partial charge in [-0.05, 0) is 39.8 Å². The van der Waals surface area contributed by atoms with E-state index < -0.39 is 17.4 Å². The first-order valence-electron chi connectivity index (χ1n) is 6.00. The standard InChI is InChI=1S/C13H18ClN3O2/c1-5-17(13(2,3)4)12(19)11(18)16-9-7-6-8-15-10(9)14/h6-8H,5H2,1-4H3,(H,16,18). The number of pyridine rings is 1. The Kier molecular flexibility index (Phi) is 4.89. The van der Waals surface area contributed by atoms with Crippen LogP contribution >= 0.6 is 11.6 Å². The fourth-order valence-electron chi connectivity index (χ4n) is 1.70. The average Bonchev–Trinajstić information content (AvgIpc) is 2.31. The Bertz CT molecular complexity index is 483. The van der Waals surface area contributed by atoms with Crippen LogP contribution in [0.5, 0.6) is 0 Å². The Hall–Kier alpha value is -1.62. The smallest absolute Gasteiger partial charge is 0.314 e. The first-order chi connectivity index (χ1) is 8.77. The molecule has 0 atom stereocenters. The molecule has 104 valence electrons. The lowest BCUT2D eigenvalue weighted by Crippen LogP contribution is -2.49. The number of halogens is 1. The van der Waals surface area contributed by atoms with Crippen LogP contribution in [0.15, 0.2) is 18.3 Å². The Labute approximate surface area is 118 Å².